The van der Waals surface area contributed by atoms with E-state index in [0.29, 0.717) is 50.2 Å². The highest BCUT2D eigenvalue weighted by atomic mass is 35.5. The van der Waals surface area contributed by atoms with Gasteiger partial charge in [0.25, 0.3) is 11.8 Å². The Bertz CT molecular complexity index is 840. The predicted molar refractivity (Wildman–Crippen MR) is 103 cm³/mol. The summed E-state index contributed by atoms with van der Waals surface area (Å²) in [6.45, 7) is 4.78. The Labute approximate surface area is 167 Å². The van der Waals surface area contributed by atoms with Crippen molar-refractivity contribution in [1.29, 1.82) is 0 Å². The number of halogens is 1. The number of aromatic nitrogens is 2. The third-order valence-corrected chi connectivity index (χ3v) is 4.23. The SMILES string of the molecule is CCOc1ccc(C(=O)NNC(=O)c2nc(N3CCOCC3)ncc2Cl)cc1. The molecular formula is C18H20ClN5O4. The minimum Gasteiger partial charge on any atom is -0.494 e. The highest BCUT2D eigenvalue weighted by Crippen LogP contribution is 2.17. The Morgan fingerprint density at radius 1 is 1.18 bits per heavy atom. The highest BCUT2D eigenvalue weighted by Gasteiger charge is 2.19. The number of hydrogen-bond donors (Lipinski definition) is 2. The first kappa shape index (κ1) is 19.8. The summed E-state index contributed by atoms with van der Waals surface area (Å²) in [6.07, 6.45) is 1.36. The summed E-state index contributed by atoms with van der Waals surface area (Å²) in [5.74, 6) is -0.0710. The van der Waals surface area contributed by atoms with Crippen LogP contribution in [-0.2, 0) is 4.74 Å². The first-order chi connectivity index (χ1) is 13.6. The minimum absolute atomic E-state index is 0.0230. The molecule has 1 aliphatic heterocycles. The first-order valence-corrected chi connectivity index (χ1v) is 9.15. The van der Waals surface area contributed by atoms with Gasteiger partial charge in [-0.05, 0) is 31.2 Å². The fraction of sp³-hybridized carbons (Fsp3) is 0.333. The second kappa shape index (κ2) is 9.34. The number of nitrogens with one attached hydrogen (secondary N) is 2. The molecule has 1 fully saturated rings. The molecule has 10 heteroatoms. The molecule has 2 N–H and O–H groups in total. The summed E-state index contributed by atoms with van der Waals surface area (Å²) in [5.41, 5.74) is 5.01. The number of carbonyl (C=O) groups is 2. The van der Waals surface area contributed by atoms with Gasteiger partial charge in [-0.25, -0.2) is 9.97 Å². The number of morpholine rings is 1. The molecule has 28 heavy (non-hydrogen) atoms. The zero-order valence-corrected chi connectivity index (χ0v) is 16.0. The van der Waals surface area contributed by atoms with Crippen LogP contribution in [-0.4, -0.2) is 54.7 Å². The lowest BCUT2D eigenvalue weighted by molar-refractivity contribution is 0.0844. The molecule has 148 valence electrons. The van der Waals surface area contributed by atoms with Crippen LogP contribution in [0.2, 0.25) is 5.02 Å². The normalized spacial score (nSPS) is 13.7. The standard InChI is InChI=1S/C18H20ClN5O4/c1-2-28-13-5-3-12(4-6-13)16(25)22-23-17(26)15-14(19)11-20-18(21-15)24-7-9-27-10-8-24/h3-6,11H,2,7-10H2,1H3,(H,22,25)(H,23,26). The van der Waals surface area contributed by atoms with E-state index < -0.39 is 11.8 Å². The van der Waals surface area contributed by atoms with E-state index in [9.17, 15) is 9.59 Å². The van der Waals surface area contributed by atoms with Crippen LogP contribution in [0.4, 0.5) is 5.95 Å². The molecule has 0 unspecified atom stereocenters. The number of hydrazine groups is 1. The fourth-order valence-electron chi connectivity index (χ4n) is 2.55. The van der Waals surface area contributed by atoms with Gasteiger partial charge in [-0.3, -0.25) is 20.4 Å². The number of amides is 2. The van der Waals surface area contributed by atoms with Crippen molar-refractivity contribution >= 4 is 29.4 Å². The van der Waals surface area contributed by atoms with Crippen molar-refractivity contribution in [2.45, 2.75) is 6.92 Å². The van der Waals surface area contributed by atoms with Crippen LogP contribution in [0.15, 0.2) is 30.5 Å². The van der Waals surface area contributed by atoms with Crippen molar-refractivity contribution in [2.75, 3.05) is 37.8 Å². The van der Waals surface area contributed by atoms with E-state index in [-0.39, 0.29) is 10.7 Å². The molecule has 0 spiro atoms. The molecule has 1 saturated heterocycles. The maximum absolute atomic E-state index is 12.4. The van der Waals surface area contributed by atoms with Gasteiger partial charge < -0.3 is 14.4 Å². The average molecular weight is 406 g/mol. The van der Waals surface area contributed by atoms with Gasteiger partial charge in [-0.1, -0.05) is 11.6 Å². The van der Waals surface area contributed by atoms with Crippen molar-refractivity contribution < 1.29 is 19.1 Å². The molecule has 2 aromatic rings. The fourth-order valence-corrected chi connectivity index (χ4v) is 2.72. The molecule has 2 heterocycles. The zero-order valence-electron chi connectivity index (χ0n) is 15.3. The van der Waals surface area contributed by atoms with E-state index >= 15 is 0 Å². The zero-order chi connectivity index (χ0) is 19.9. The van der Waals surface area contributed by atoms with Gasteiger partial charge in [0.05, 0.1) is 31.0 Å². The summed E-state index contributed by atoms with van der Waals surface area (Å²) in [5, 5.41) is 0.0878. The third kappa shape index (κ3) is 4.87. The molecule has 0 aliphatic carbocycles. The number of hydrogen-bond acceptors (Lipinski definition) is 7. The molecule has 1 aliphatic rings. The maximum atomic E-state index is 12.4. The van der Waals surface area contributed by atoms with Gasteiger partial charge in [0.2, 0.25) is 5.95 Å². The Morgan fingerprint density at radius 2 is 1.86 bits per heavy atom. The predicted octanol–water partition coefficient (Wildman–Crippen LogP) is 1.44. The highest BCUT2D eigenvalue weighted by molar-refractivity contribution is 6.33. The molecule has 0 bridgehead atoms. The van der Waals surface area contributed by atoms with Crippen molar-refractivity contribution in [3.63, 3.8) is 0 Å². The number of benzene rings is 1. The molecule has 0 radical (unpaired) electrons. The molecule has 3 rings (SSSR count). The van der Waals surface area contributed by atoms with Gasteiger partial charge in [0, 0.05) is 18.7 Å². The van der Waals surface area contributed by atoms with Gasteiger partial charge in [-0.2, -0.15) is 0 Å². The van der Waals surface area contributed by atoms with Crippen molar-refractivity contribution in [2.24, 2.45) is 0 Å². The second-order valence-electron chi connectivity index (χ2n) is 5.83. The molecule has 0 atom stereocenters. The van der Waals surface area contributed by atoms with Crippen LogP contribution in [0, 0.1) is 0 Å². The Kier molecular flexibility index (Phi) is 6.62. The number of carbonyl (C=O) groups excluding carboxylic acids is 2. The topological polar surface area (TPSA) is 106 Å². The van der Waals surface area contributed by atoms with E-state index in [4.69, 9.17) is 21.1 Å². The quantitative estimate of drug-likeness (QED) is 0.725. The molecular weight excluding hydrogens is 386 g/mol. The second-order valence-corrected chi connectivity index (χ2v) is 6.24. The van der Waals surface area contributed by atoms with Crippen LogP contribution in [0.1, 0.15) is 27.8 Å². The summed E-state index contributed by atoms with van der Waals surface area (Å²) >= 11 is 6.05. The van der Waals surface area contributed by atoms with E-state index in [2.05, 4.69) is 20.8 Å². The minimum atomic E-state index is -0.638. The van der Waals surface area contributed by atoms with E-state index in [1.807, 2.05) is 11.8 Å². The Morgan fingerprint density at radius 3 is 2.54 bits per heavy atom. The van der Waals surface area contributed by atoms with Crippen LogP contribution < -0.4 is 20.5 Å². The smallest absolute Gasteiger partial charge is 0.290 e. The van der Waals surface area contributed by atoms with Crippen LogP contribution >= 0.6 is 11.6 Å². The molecule has 0 saturated carbocycles. The molecule has 1 aromatic heterocycles. The van der Waals surface area contributed by atoms with E-state index in [1.54, 1.807) is 24.3 Å². The third-order valence-electron chi connectivity index (χ3n) is 3.96. The van der Waals surface area contributed by atoms with Gasteiger partial charge in [0.15, 0.2) is 5.69 Å². The number of nitrogens with zero attached hydrogens (tertiary/aromatic N) is 3. The lowest BCUT2D eigenvalue weighted by Crippen LogP contribution is -2.42. The van der Waals surface area contributed by atoms with Crippen LogP contribution in [0.5, 0.6) is 5.75 Å². The lowest BCUT2D eigenvalue weighted by Gasteiger charge is -2.26. The average Bonchev–Trinajstić information content (AvgIpc) is 2.73. The number of rotatable bonds is 5. The van der Waals surface area contributed by atoms with Crippen molar-refractivity contribution in [3.05, 3.63) is 46.7 Å². The lowest BCUT2D eigenvalue weighted by atomic mass is 10.2. The van der Waals surface area contributed by atoms with Crippen molar-refractivity contribution in [3.8, 4) is 5.75 Å². The summed E-state index contributed by atoms with van der Waals surface area (Å²) < 4.78 is 10.6. The number of anilines is 1. The van der Waals surface area contributed by atoms with Gasteiger partial charge in [0.1, 0.15) is 5.75 Å². The first-order valence-electron chi connectivity index (χ1n) is 8.77. The molecule has 1 aromatic carbocycles. The Hall–Kier alpha value is -2.91. The summed E-state index contributed by atoms with van der Waals surface area (Å²) in [6, 6.07) is 6.55. The number of ether oxygens (including phenoxy) is 2. The Balaban J connectivity index is 1.63. The van der Waals surface area contributed by atoms with E-state index in [1.165, 1.54) is 6.20 Å². The van der Waals surface area contributed by atoms with E-state index in [0.717, 1.165) is 0 Å². The van der Waals surface area contributed by atoms with Crippen molar-refractivity contribution in [1.82, 2.24) is 20.8 Å². The summed E-state index contributed by atoms with van der Waals surface area (Å²) in [7, 11) is 0. The maximum Gasteiger partial charge on any atom is 0.290 e. The molecule has 9 nitrogen and oxygen atoms in total. The molecule has 2 amide bonds. The van der Waals surface area contributed by atoms with Crippen LogP contribution in [0.25, 0.3) is 0 Å². The largest absolute Gasteiger partial charge is 0.494 e. The summed E-state index contributed by atoms with van der Waals surface area (Å²) in [4.78, 5) is 34.9. The monoisotopic (exact) mass is 405 g/mol. The van der Waals surface area contributed by atoms with Crippen LogP contribution in [0.3, 0.4) is 0 Å². The van der Waals surface area contributed by atoms with Gasteiger partial charge >= 0.3 is 0 Å². The van der Waals surface area contributed by atoms with Gasteiger partial charge in [-0.15, -0.1) is 0 Å².